The molecule has 2 saturated heterocycles. The summed E-state index contributed by atoms with van der Waals surface area (Å²) in [6.45, 7) is 2.73. The van der Waals surface area contributed by atoms with Crippen molar-refractivity contribution in [3.05, 3.63) is 53.6 Å². The van der Waals surface area contributed by atoms with E-state index in [1.807, 2.05) is 0 Å². The molecule has 7 N–H and O–H groups in total. The molecule has 1 unspecified atom stereocenters. The lowest BCUT2D eigenvalue weighted by molar-refractivity contribution is -0.161. The fraction of sp³-hybridized carbons (Fsp3) is 0.370. The zero-order chi connectivity index (χ0) is 30.9. The minimum absolute atomic E-state index is 0.00879. The van der Waals surface area contributed by atoms with Gasteiger partial charge in [-0.15, -0.1) is 11.8 Å². The number of hydrogen-bond acceptors (Lipinski definition) is 10. The Labute approximate surface area is 243 Å². The number of phenols is 3. The Bertz CT molecular complexity index is 1420. The van der Waals surface area contributed by atoms with Crippen molar-refractivity contribution >= 4 is 41.5 Å². The Hall–Kier alpha value is -4.50. The molecule has 4 rings (SSSR count). The van der Waals surface area contributed by atoms with Crippen molar-refractivity contribution < 1.29 is 49.5 Å². The van der Waals surface area contributed by atoms with Crippen LogP contribution in [-0.2, 0) is 14.4 Å². The van der Waals surface area contributed by atoms with Gasteiger partial charge in [-0.1, -0.05) is 12.1 Å². The molecule has 2 heterocycles. The van der Waals surface area contributed by atoms with Gasteiger partial charge in [-0.3, -0.25) is 19.3 Å². The first kappa shape index (κ1) is 30.5. The van der Waals surface area contributed by atoms with Gasteiger partial charge < -0.3 is 41.1 Å². The standard InChI is InChI=1S/C27H30N4O10S/c1-27(2)20(25(39)40)31-23(38)19(24(31)42-27)28-21(36)18(13-4-7-15(33)8-5-13)29-26(41)30(10-3-11-32)22(37)14-6-9-16(34)17(35)12-14/h4-9,12,18-20,24,32-35H,3,10-11H2,1-2H3,(H,28,36)(H,29,41)(H,39,40)/t18?,19-,20+,24-/m1/s1. The van der Waals surface area contributed by atoms with Crippen molar-refractivity contribution in [3.8, 4) is 17.2 Å². The maximum absolute atomic E-state index is 13.5. The number of amides is 5. The second kappa shape index (κ2) is 11.8. The monoisotopic (exact) mass is 602 g/mol. The van der Waals surface area contributed by atoms with Crippen LogP contribution in [0.2, 0.25) is 0 Å². The molecule has 2 aromatic rings. The average molecular weight is 603 g/mol. The first-order chi connectivity index (χ1) is 19.8. The number of carbonyl (C=O) groups excluding carboxylic acids is 4. The van der Waals surface area contributed by atoms with Gasteiger partial charge in [0.1, 0.15) is 29.2 Å². The molecule has 0 spiro atoms. The minimum atomic E-state index is -1.47. The van der Waals surface area contributed by atoms with Gasteiger partial charge in [0.05, 0.1) is 0 Å². The van der Waals surface area contributed by atoms with Crippen molar-refractivity contribution in [2.24, 2.45) is 0 Å². The van der Waals surface area contributed by atoms with Gasteiger partial charge in [0, 0.05) is 23.5 Å². The fourth-order valence-corrected chi connectivity index (χ4v) is 6.51. The summed E-state index contributed by atoms with van der Waals surface area (Å²) in [5.74, 6) is -4.69. The van der Waals surface area contributed by atoms with Crippen LogP contribution in [0, 0.1) is 0 Å². The van der Waals surface area contributed by atoms with E-state index in [2.05, 4.69) is 10.6 Å². The maximum atomic E-state index is 13.5. The molecule has 5 amide bonds. The van der Waals surface area contributed by atoms with Gasteiger partial charge in [0.25, 0.3) is 5.91 Å². The van der Waals surface area contributed by atoms with Crippen LogP contribution >= 0.6 is 11.8 Å². The molecule has 0 bridgehead atoms. The molecule has 2 aromatic carbocycles. The Morgan fingerprint density at radius 2 is 1.71 bits per heavy atom. The fourth-order valence-electron chi connectivity index (χ4n) is 4.89. The number of nitrogens with zero attached hydrogens (tertiary/aromatic N) is 2. The van der Waals surface area contributed by atoms with Gasteiger partial charge in [0.15, 0.2) is 11.5 Å². The number of aliphatic carboxylic acids is 1. The number of thioether (sulfide) groups is 1. The molecule has 42 heavy (non-hydrogen) atoms. The first-order valence-electron chi connectivity index (χ1n) is 12.8. The SMILES string of the molecule is CC1(C)S[C@@H]2[C@H](NC(=O)C(NC(=O)N(CCCO)C(=O)c3ccc(O)c(O)c3)c3ccc(O)cc3)C(=O)N2[C@H]1C(=O)O. The number of aliphatic hydroxyl groups is 1. The number of hydrogen-bond donors (Lipinski definition) is 7. The van der Waals surface area contributed by atoms with Crippen LogP contribution in [-0.4, -0.2) is 100 Å². The lowest BCUT2D eigenvalue weighted by Crippen LogP contribution is -2.71. The summed E-state index contributed by atoms with van der Waals surface area (Å²) < 4.78 is -0.827. The summed E-state index contributed by atoms with van der Waals surface area (Å²) in [5, 5.41) is 52.5. The third-order valence-electron chi connectivity index (χ3n) is 6.98. The lowest BCUT2D eigenvalue weighted by Gasteiger charge is -2.44. The van der Waals surface area contributed by atoms with E-state index < -0.39 is 69.5 Å². The number of phenolic OH excluding ortho intramolecular Hbond substituents is 3. The maximum Gasteiger partial charge on any atom is 0.327 e. The van der Waals surface area contributed by atoms with E-state index >= 15 is 0 Å². The number of β-lactam (4-membered cyclic amide) rings is 1. The Morgan fingerprint density at radius 1 is 1.05 bits per heavy atom. The molecule has 0 aromatic heterocycles. The predicted molar refractivity (Wildman–Crippen MR) is 148 cm³/mol. The molecule has 224 valence electrons. The van der Waals surface area contributed by atoms with Crippen LogP contribution in [0.4, 0.5) is 4.79 Å². The Kier molecular flexibility index (Phi) is 8.54. The largest absolute Gasteiger partial charge is 0.508 e. The molecule has 14 nitrogen and oxygen atoms in total. The highest BCUT2D eigenvalue weighted by Crippen LogP contribution is 2.50. The Balaban J connectivity index is 1.58. The van der Waals surface area contributed by atoms with Crippen molar-refractivity contribution in [1.29, 1.82) is 0 Å². The number of imide groups is 1. The summed E-state index contributed by atoms with van der Waals surface area (Å²) in [6, 6.07) is 3.80. The second-order valence-electron chi connectivity index (χ2n) is 10.3. The molecule has 4 atom stereocenters. The predicted octanol–water partition coefficient (Wildman–Crippen LogP) is 0.711. The van der Waals surface area contributed by atoms with Gasteiger partial charge in [-0.25, -0.2) is 9.59 Å². The molecular formula is C27H30N4O10S. The Morgan fingerprint density at radius 3 is 2.31 bits per heavy atom. The highest BCUT2D eigenvalue weighted by Gasteiger charge is 2.64. The summed E-state index contributed by atoms with van der Waals surface area (Å²) in [4.78, 5) is 66.8. The van der Waals surface area contributed by atoms with Crippen molar-refractivity contribution in [1.82, 2.24) is 20.4 Å². The number of nitrogens with one attached hydrogen (secondary N) is 2. The molecule has 2 fully saturated rings. The molecule has 2 aliphatic heterocycles. The smallest absolute Gasteiger partial charge is 0.327 e. The number of aromatic hydroxyl groups is 3. The average Bonchev–Trinajstić information content (AvgIpc) is 3.20. The van der Waals surface area contributed by atoms with E-state index in [0.717, 1.165) is 12.1 Å². The van der Waals surface area contributed by atoms with Crippen molar-refractivity contribution in [2.75, 3.05) is 13.2 Å². The molecular weight excluding hydrogens is 572 g/mol. The summed E-state index contributed by atoms with van der Waals surface area (Å²) in [6.07, 6.45) is -0.00879. The number of carboxylic acids is 1. The molecule has 0 saturated carbocycles. The van der Waals surface area contributed by atoms with Crippen LogP contribution < -0.4 is 10.6 Å². The van der Waals surface area contributed by atoms with E-state index in [4.69, 9.17) is 0 Å². The van der Waals surface area contributed by atoms with Crippen molar-refractivity contribution in [2.45, 2.75) is 48.5 Å². The van der Waals surface area contributed by atoms with Crippen LogP contribution in [0.5, 0.6) is 17.2 Å². The third kappa shape index (κ3) is 5.78. The zero-order valence-corrected chi connectivity index (χ0v) is 23.4. The van der Waals surface area contributed by atoms with E-state index in [-0.39, 0.29) is 36.4 Å². The quantitative estimate of drug-likeness (QED) is 0.157. The molecule has 2 aliphatic rings. The third-order valence-corrected chi connectivity index (χ3v) is 8.55. The number of fused-ring (bicyclic) bond motifs is 1. The molecule has 0 aliphatic carbocycles. The van der Waals surface area contributed by atoms with Crippen LogP contribution in [0.3, 0.4) is 0 Å². The van der Waals surface area contributed by atoms with Crippen LogP contribution in [0.1, 0.15) is 42.2 Å². The minimum Gasteiger partial charge on any atom is -0.508 e. The number of urea groups is 1. The van der Waals surface area contributed by atoms with E-state index in [1.54, 1.807) is 13.8 Å². The highest BCUT2D eigenvalue weighted by atomic mass is 32.2. The van der Waals surface area contributed by atoms with E-state index in [0.29, 0.717) is 4.90 Å². The number of carbonyl (C=O) groups is 5. The lowest BCUT2D eigenvalue weighted by atomic mass is 9.95. The first-order valence-corrected chi connectivity index (χ1v) is 13.7. The van der Waals surface area contributed by atoms with Crippen LogP contribution in [0.25, 0.3) is 0 Å². The topological polar surface area (TPSA) is 217 Å². The summed E-state index contributed by atoms with van der Waals surface area (Å²) >= 11 is 1.22. The molecule has 0 radical (unpaired) electrons. The van der Waals surface area contributed by atoms with Gasteiger partial charge in [0.2, 0.25) is 11.8 Å². The zero-order valence-electron chi connectivity index (χ0n) is 22.6. The number of benzene rings is 2. The second-order valence-corrected chi connectivity index (χ2v) is 12.1. The van der Waals surface area contributed by atoms with Gasteiger partial charge in [-0.2, -0.15) is 0 Å². The van der Waals surface area contributed by atoms with Crippen LogP contribution in [0.15, 0.2) is 42.5 Å². The molecule has 15 heteroatoms. The highest BCUT2D eigenvalue weighted by molar-refractivity contribution is 8.01. The van der Waals surface area contributed by atoms with Gasteiger partial charge in [-0.05, 0) is 56.2 Å². The van der Waals surface area contributed by atoms with E-state index in [9.17, 15) is 49.5 Å². The van der Waals surface area contributed by atoms with E-state index in [1.165, 1.54) is 47.0 Å². The summed E-state index contributed by atoms with van der Waals surface area (Å²) in [7, 11) is 0. The number of rotatable bonds is 9. The van der Waals surface area contributed by atoms with Crippen molar-refractivity contribution in [3.63, 3.8) is 0 Å². The number of carboxylic acid groups (broad SMARTS) is 1. The number of aliphatic hydroxyl groups excluding tert-OH is 1. The summed E-state index contributed by atoms with van der Waals surface area (Å²) in [5.41, 5.74) is 0.0416. The van der Waals surface area contributed by atoms with Gasteiger partial charge >= 0.3 is 12.0 Å². The normalized spacial score (nSPS) is 21.1.